The molecule has 0 bridgehead atoms. The van der Waals surface area contributed by atoms with E-state index in [4.69, 9.17) is 0 Å². The summed E-state index contributed by atoms with van der Waals surface area (Å²) in [7, 11) is -3.21. The second-order valence-electron chi connectivity index (χ2n) is 6.36. The maximum absolute atomic E-state index is 12.3. The lowest BCUT2D eigenvalue weighted by atomic mass is 10.2. The number of hydrogen-bond donors (Lipinski definition) is 3. The molecule has 0 fully saturated rings. The number of hydrogen-bond acceptors (Lipinski definition) is 5. The van der Waals surface area contributed by atoms with Crippen LogP contribution in [0.25, 0.3) is 0 Å². The van der Waals surface area contributed by atoms with Crippen molar-refractivity contribution in [2.24, 2.45) is 5.92 Å². The van der Waals surface area contributed by atoms with Crippen molar-refractivity contribution >= 4 is 44.5 Å². The Labute approximate surface area is 163 Å². The maximum atomic E-state index is 12.3. The number of anilines is 2. The van der Waals surface area contributed by atoms with E-state index >= 15 is 0 Å². The fourth-order valence-corrected chi connectivity index (χ4v) is 3.49. The molecule has 0 unspecified atom stereocenters. The third-order valence-electron chi connectivity index (χ3n) is 3.56. The molecule has 27 heavy (non-hydrogen) atoms. The van der Waals surface area contributed by atoms with Crippen molar-refractivity contribution in [3.8, 4) is 0 Å². The Kier molecular flexibility index (Phi) is 7.11. The third kappa shape index (κ3) is 7.12. The molecular weight excluding hydrogens is 386 g/mol. The fourth-order valence-electron chi connectivity index (χ4n) is 2.11. The van der Waals surface area contributed by atoms with Gasteiger partial charge in [0.1, 0.15) is 0 Å². The Morgan fingerprint density at radius 2 is 1.59 bits per heavy atom. The molecule has 146 valence electrons. The van der Waals surface area contributed by atoms with Crippen molar-refractivity contribution < 1.29 is 18.0 Å². The van der Waals surface area contributed by atoms with Crippen LogP contribution in [0.4, 0.5) is 11.4 Å². The van der Waals surface area contributed by atoms with E-state index < -0.39 is 10.0 Å². The van der Waals surface area contributed by atoms with Crippen LogP contribution in [0.5, 0.6) is 0 Å². The van der Waals surface area contributed by atoms with E-state index in [-0.39, 0.29) is 17.7 Å². The van der Waals surface area contributed by atoms with Gasteiger partial charge in [-0.25, -0.2) is 13.1 Å². The molecule has 0 aliphatic heterocycles. The SMILES string of the molecule is CC(C)C(=O)Nc1ccc(NC(=O)c2ccc(CCNS(C)(=O)=O)s2)cc1. The summed E-state index contributed by atoms with van der Waals surface area (Å²) in [6, 6.07) is 10.4. The molecule has 2 amide bonds. The highest BCUT2D eigenvalue weighted by Crippen LogP contribution is 2.20. The topological polar surface area (TPSA) is 104 Å². The summed E-state index contributed by atoms with van der Waals surface area (Å²) in [6.07, 6.45) is 1.63. The van der Waals surface area contributed by atoms with E-state index in [2.05, 4.69) is 15.4 Å². The first kappa shape index (κ1) is 21.1. The van der Waals surface area contributed by atoms with Gasteiger partial charge in [0, 0.05) is 28.7 Å². The lowest BCUT2D eigenvalue weighted by Crippen LogP contribution is -2.24. The van der Waals surface area contributed by atoms with Crippen molar-refractivity contribution in [3.05, 3.63) is 46.2 Å². The molecule has 3 N–H and O–H groups in total. The average Bonchev–Trinajstić information content (AvgIpc) is 3.04. The van der Waals surface area contributed by atoms with Crippen LogP contribution in [0.15, 0.2) is 36.4 Å². The van der Waals surface area contributed by atoms with E-state index in [1.807, 2.05) is 19.9 Å². The molecule has 9 heteroatoms. The monoisotopic (exact) mass is 409 g/mol. The molecule has 0 aliphatic carbocycles. The minimum Gasteiger partial charge on any atom is -0.326 e. The normalized spacial score (nSPS) is 11.4. The zero-order chi connectivity index (χ0) is 20.0. The summed E-state index contributed by atoms with van der Waals surface area (Å²) in [6.45, 7) is 3.93. The Bertz CT molecular complexity index is 903. The van der Waals surface area contributed by atoms with E-state index in [0.717, 1.165) is 11.1 Å². The van der Waals surface area contributed by atoms with Gasteiger partial charge in [-0.15, -0.1) is 11.3 Å². The molecule has 2 rings (SSSR count). The van der Waals surface area contributed by atoms with Crippen LogP contribution in [0.1, 0.15) is 28.4 Å². The van der Waals surface area contributed by atoms with Gasteiger partial charge >= 0.3 is 0 Å². The summed E-state index contributed by atoms with van der Waals surface area (Å²) in [5, 5.41) is 5.59. The summed E-state index contributed by atoms with van der Waals surface area (Å²) in [4.78, 5) is 25.5. The quantitative estimate of drug-likeness (QED) is 0.623. The first-order chi connectivity index (χ1) is 12.6. The number of sulfonamides is 1. The summed E-state index contributed by atoms with van der Waals surface area (Å²) in [5.41, 5.74) is 1.29. The van der Waals surface area contributed by atoms with Crippen molar-refractivity contribution in [2.45, 2.75) is 20.3 Å². The molecule has 0 spiro atoms. The Balaban J connectivity index is 1.90. The fraction of sp³-hybridized carbons (Fsp3) is 0.333. The standard InChI is InChI=1S/C18H23N3O4S2/c1-12(2)17(22)20-13-4-6-14(7-5-13)21-18(23)16-9-8-15(26-16)10-11-19-27(3,24)25/h4-9,12,19H,10-11H2,1-3H3,(H,20,22)(H,21,23). The first-order valence-corrected chi connectivity index (χ1v) is 11.1. The summed E-state index contributed by atoms with van der Waals surface area (Å²) in [5.74, 6) is -0.408. The number of carbonyl (C=O) groups is 2. The Hall–Kier alpha value is -2.23. The van der Waals surface area contributed by atoms with Crippen LogP contribution in [-0.2, 0) is 21.2 Å². The van der Waals surface area contributed by atoms with Crippen molar-refractivity contribution in [2.75, 3.05) is 23.4 Å². The van der Waals surface area contributed by atoms with Crippen LogP contribution < -0.4 is 15.4 Å². The van der Waals surface area contributed by atoms with Crippen molar-refractivity contribution in [1.82, 2.24) is 4.72 Å². The highest BCUT2D eigenvalue weighted by molar-refractivity contribution is 7.88. The second-order valence-corrected chi connectivity index (χ2v) is 9.36. The molecule has 0 aliphatic rings. The van der Waals surface area contributed by atoms with Crippen LogP contribution in [0.2, 0.25) is 0 Å². The number of thiophene rings is 1. The van der Waals surface area contributed by atoms with E-state index in [0.29, 0.717) is 29.2 Å². The number of rotatable bonds is 8. The third-order valence-corrected chi connectivity index (χ3v) is 5.43. The molecule has 0 atom stereocenters. The van der Waals surface area contributed by atoms with E-state index in [1.54, 1.807) is 30.3 Å². The number of amides is 2. The van der Waals surface area contributed by atoms with Gasteiger partial charge in [0.15, 0.2) is 0 Å². The van der Waals surface area contributed by atoms with Gasteiger partial charge in [0.05, 0.1) is 11.1 Å². The summed E-state index contributed by atoms with van der Waals surface area (Å²) >= 11 is 1.32. The molecule has 0 saturated carbocycles. The molecule has 1 heterocycles. The summed E-state index contributed by atoms with van der Waals surface area (Å²) < 4.78 is 24.5. The van der Waals surface area contributed by atoms with Crippen molar-refractivity contribution in [1.29, 1.82) is 0 Å². The highest BCUT2D eigenvalue weighted by Gasteiger charge is 2.11. The van der Waals surface area contributed by atoms with Gasteiger partial charge in [-0.2, -0.15) is 0 Å². The second kappa shape index (κ2) is 9.12. The van der Waals surface area contributed by atoms with E-state index in [9.17, 15) is 18.0 Å². The number of nitrogens with one attached hydrogen (secondary N) is 3. The molecule has 1 aromatic heterocycles. The Morgan fingerprint density at radius 1 is 1.00 bits per heavy atom. The van der Waals surface area contributed by atoms with Crippen LogP contribution in [0.3, 0.4) is 0 Å². The van der Waals surface area contributed by atoms with Crippen LogP contribution >= 0.6 is 11.3 Å². The van der Waals surface area contributed by atoms with Crippen LogP contribution in [-0.4, -0.2) is 33.0 Å². The average molecular weight is 410 g/mol. The minimum atomic E-state index is -3.21. The Morgan fingerprint density at radius 3 is 2.15 bits per heavy atom. The number of benzene rings is 1. The first-order valence-electron chi connectivity index (χ1n) is 8.39. The number of carbonyl (C=O) groups excluding carboxylic acids is 2. The maximum Gasteiger partial charge on any atom is 0.265 e. The van der Waals surface area contributed by atoms with Gasteiger partial charge in [-0.05, 0) is 42.8 Å². The van der Waals surface area contributed by atoms with Gasteiger partial charge in [0.25, 0.3) is 5.91 Å². The zero-order valence-electron chi connectivity index (χ0n) is 15.4. The molecule has 1 aromatic carbocycles. The minimum absolute atomic E-state index is 0.0664. The van der Waals surface area contributed by atoms with Gasteiger partial charge in [-0.3, -0.25) is 9.59 Å². The predicted octanol–water partition coefficient (Wildman–Crippen LogP) is 2.69. The van der Waals surface area contributed by atoms with Gasteiger partial charge < -0.3 is 10.6 Å². The molecule has 7 nitrogen and oxygen atoms in total. The molecule has 0 saturated heterocycles. The molecule has 0 radical (unpaired) electrons. The smallest absolute Gasteiger partial charge is 0.265 e. The zero-order valence-corrected chi connectivity index (χ0v) is 17.0. The van der Waals surface area contributed by atoms with Gasteiger partial charge in [0.2, 0.25) is 15.9 Å². The molecular formula is C18H23N3O4S2. The van der Waals surface area contributed by atoms with E-state index in [1.165, 1.54) is 11.3 Å². The van der Waals surface area contributed by atoms with Crippen LogP contribution in [0, 0.1) is 5.92 Å². The predicted molar refractivity (Wildman–Crippen MR) is 109 cm³/mol. The molecule has 2 aromatic rings. The van der Waals surface area contributed by atoms with Crippen molar-refractivity contribution in [3.63, 3.8) is 0 Å². The lowest BCUT2D eigenvalue weighted by Gasteiger charge is -2.09. The van der Waals surface area contributed by atoms with Gasteiger partial charge in [-0.1, -0.05) is 13.8 Å². The largest absolute Gasteiger partial charge is 0.326 e. The lowest BCUT2D eigenvalue weighted by molar-refractivity contribution is -0.118. The highest BCUT2D eigenvalue weighted by atomic mass is 32.2.